The lowest BCUT2D eigenvalue weighted by molar-refractivity contribution is 0.247. The highest BCUT2D eigenvalue weighted by Gasteiger charge is 2.23. The minimum Gasteiger partial charge on any atom is -0.308 e. The molecule has 1 heterocycles. The van der Waals surface area contributed by atoms with Crippen molar-refractivity contribution in [3.05, 3.63) is 35.9 Å². The molecule has 1 N–H and O–H groups in total. The molecule has 0 saturated carbocycles. The van der Waals surface area contributed by atoms with Crippen LogP contribution in [0.1, 0.15) is 12.0 Å². The third kappa shape index (κ3) is 2.47. The Morgan fingerprint density at radius 3 is 2.81 bits per heavy atom. The number of piperidine rings is 1. The minimum atomic E-state index is -0.211. The van der Waals surface area contributed by atoms with E-state index in [1.54, 1.807) is 0 Å². The normalized spacial score (nSPS) is 21.7. The van der Waals surface area contributed by atoms with Gasteiger partial charge in [0, 0.05) is 25.3 Å². The largest absolute Gasteiger partial charge is 0.308 e. The number of likely N-dealkylation sites (tertiary alicyclic amines) is 1. The minimum absolute atomic E-state index is 0.211. The molecule has 1 aliphatic heterocycles. The van der Waals surface area contributed by atoms with Gasteiger partial charge in [-0.1, -0.05) is 30.3 Å². The maximum Gasteiger partial charge on any atom is 0.0965 e. The van der Waals surface area contributed by atoms with Gasteiger partial charge in [-0.25, -0.2) is 0 Å². The molecule has 0 amide bonds. The maximum absolute atomic E-state index is 8.93. The molecule has 3 heteroatoms. The molecule has 0 radical (unpaired) electrons. The Balaban J connectivity index is 1.97. The topological polar surface area (TPSA) is 50.9 Å². The highest BCUT2D eigenvalue weighted by Crippen LogP contribution is 2.15. The number of nitrogens with zero attached hydrogens (tertiary/aromatic N) is 2. The number of hydrogen-bond acceptors (Lipinski definition) is 3. The van der Waals surface area contributed by atoms with Gasteiger partial charge in [-0.05, 0) is 12.0 Å². The second-order valence-corrected chi connectivity index (χ2v) is 4.18. The molecule has 3 nitrogen and oxygen atoms in total. The van der Waals surface area contributed by atoms with Crippen molar-refractivity contribution in [3.8, 4) is 6.07 Å². The smallest absolute Gasteiger partial charge is 0.0965 e. The van der Waals surface area contributed by atoms with E-state index in [9.17, 15) is 0 Å². The zero-order valence-corrected chi connectivity index (χ0v) is 9.19. The van der Waals surface area contributed by atoms with Gasteiger partial charge < -0.3 is 5.41 Å². The van der Waals surface area contributed by atoms with E-state index < -0.39 is 0 Å². The maximum atomic E-state index is 8.93. The van der Waals surface area contributed by atoms with E-state index in [0.29, 0.717) is 12.3 Å². The Bertz CT molecular complexity index is 405. The Morgan fingerprint density at radius 1 is 1.38 bits per heavy atom. The highest BCUT2D eigenvalue weighted by atomic mass is 15.1. The summed E-state index contributed by atoms with van der Waals surface area (Å²) in [5, 5.41) is 16.6. The fraction of sp³-hybridized carbons (Fsp3) is 0.385. The molecule has 16 heavy (non-hydrogen) atoms. The first-order chi connectivity index (χ1) is 7.79. The van der Waals surface area contributed by atoms with Crippen LogP contribution in [0.4, 0.5) is 0 Å². The summed E-state index contributed by atoms with van der Waals surface area (Å²) >= 11 is 0. The summed E-state index contributed by atoms with van der Waals surface area (Å²) in [6.45, 7) is 2.47. The molecular formula is C13H15N3. The van der Waals surface area contributed by atoms with Crippen LogP contribution in [0.5, 0.6) is 0 Å². The molecule has 1 atom stereocenters. The second-order valence-electron chi connectivity index (χ2n) is 4.18. The first-order valence-corrected chi connectivity index (χ1v) is 5.53. The Labute approximate surface area is 95.8 Å². The molecule has 1 fully saturated rings. The number of hydrogen-bond donors (Lipinski definition) is 1. The molecule has 1 saturated heterocycles. The first kappa shape index (κ1) is 10.8. The number of benzene rings is 1. The van der Waals surface area contributed by atoms with Crippen molar-refractivity contribution in [2.24, 2.45) is 5.92 Å². The molecule has 0 aliphatic carbocycles. The van der Waals surface area contributed by atoms with Crippen LogP contribution in [0.3, 0.4) is 0 Å². The van der Waals surface area contributed by atoms with E-state index in [-0.39, 0.29) is 5.92 Å². The van der Waals surface area contributed by atoms with Gasteiger partial charge in [-0.15, -0.1) is 0 Å². The van der Waals surface area contributed by atoms with Gasteiger partial charge in [-0.3, -0.25) is 4.90 Å². The van der Waals surface area contributed by atoms with Crippen LogP contribution >= 0.6 is 0 Å². The number of rotatable bonds is 2. The van der Waals surface area contributed by atoms with Gasteiger partial charge in [0.1, 0.15) is 0 Å². The number of nitrogens with one attached hydrogen (secondary N) is 1. The van der Waals surface area contributed by atoms with Crippen molar-refractivity contribution in [1.82, 2.24) is 4.90 Å². The molecule has 0 unspecified atom stereocenters. The van der Waals surface area contributed by atoms with Crippen molar-refractivity contribution >= 4 is 5.71 Å². The van der Waals surface area contributed by atoms with Gasteiger partial charge in [0.05, 0.1) is 12.0 Å². The lowest BCUT2D eigenvalue weighted by Gasteiger charge is -2.30. The summed E-state index contributed by atoms with van der Waals surface area (Å²) < 4.78 is 0. The fourth-order valence-electron chi connectivity index (χ4n) is 2.02. The monoisotopic (exact) mass is 213 g/mol. The van der Waals surface area contributed by atoms with Gasteiger partial charge in [0.15, 0.2) is 0 Å². The van der Waals surface area contributed by atoms with Crippen LogP contribution in [0.2, 0.25) is 0 Å². The van der Waals surface area contributed by atoms with E-state index in [1.165, 1.54) is 5.56 Å². The van der Waals surface area contributed by atoms with Crippen molar-refractivity contribution < 1.29 is 0 Å². The van der Waals surface area contributed by atoms with Crippen molar-refractivity contribution in [2.75, 3.05) is 13.1 Å². The van der Waals surface area contributed by atoms with E-state index in [2.05, 4.69) is 23.1 Å². The van der Waals surface area contributed by atoms with Crippen molar-refractivity contribution in [1.29, 1.82) is 10.7 Å². The fourth-order valence-corrected chi connectivity index (χ4v) is 2.02. The predicted molar refractivity (Wildman–Crippen MR) is 63.2 cm³/mol. The molecule has 0 aromatic heterocycles. The zero-order valence-electron chi connectivity index (χ0n) is 9.19. The Hall–Kier alpha value is -1.66. The summed E-state index contributed by atoms with van der Waals surface area (Å²) in [4.78, 5) is 2.25. The lowest BCUT2D eigenvalue weighted by atomic mass is 9.97. The molecule has 82 valence electrons. The molecule has 1 aromatic rings. The average Bonchev–Trinajstić information content (AvgIpc) is 2.33. The quantitative estimate of drug-likeness (QED) is 0.817. The summed E-state index contributed by atoms with van der Waals surface area (Å²) in [7, 11) is 0. The summed E-state index contributed by atoms with van der Waals surface area (Å²) in [5.74, 6) is -0.211. The van der Waals surface area contributed by atoms with Gasteiger partial charge in [-0.2, -0.15) is 5.26 Å². The molecule has 0 bridgehead atoms. The van der Waals surface area contributed by atoms with Crippen molar-refractivity contribution in [3.63, 3.8) is 0 Å². The second kappa shape index (κ2) is 4.91. The van der Waals surface area contributed by atoms with Crippen LogP contribution in [0.15, 0.2) is 30.3 Å². The van der Waals surface area contributed by atoms with Gasteiger partial charge >= 0.3 is 0 Å². The predicted octanol–water partition coefficient (Wildman–Crippen LogP) is 2.05. The van der Waals surface area contributed by atoms with E-state index >= 15 is 0 Å². The Kier molecular flexibility index (Phi) is 3.33. The molecule has 2 rings (SSSR count). The third-order valence-corrected chi connectivity index (χ3v) is 2.96. The van der Waals surface area contributed by atoms with Gasteiger partial charge in [0.2, 0.25) is 0 Å². The summed E-state index contributed by atoms with van der Waals surface area (Å²) in [6, 6.07) is 12.5. The average molecular weight is 213 g/mol. The van der Waals surface area contributed by atoms with Gasteiger partial charge in [0.25, 0.3) is 0 Å². The van der Waals surface area contributed by atoms with Crippen LogP contribution in [0, 0.1) is 22.7 Å². The lowest BCUT2D eigenvalue weighted by Crippen LogP contribution is -2.39. The van der Waals surface area contributed by atoms with Crippen LogP contribution < -0.4 is 0 Å². The highest BCUT2D eigenvalue weighted by molar-refractivity contribution is 5.87. The Morgan fingerprint density at radius 2 is 2.12 bits per heavy atom. The van der Waals surface area contributed by atoms with E-state index in [4.69, 9.17) is 10.7 Å². The SMILES string of the molecule is N#C[C@H]1CN(Cc2ccccc2)CCC1=N. The third-order valence-electron chi connectivity index (χ3n) is 2.96. The molecule has 1 aromatic carbocycles. The van der Waals surface area contributed by atoms with Crippen LogP contribution in [-0.4, -0.2) is 23.7 Å². The van der Waals surface area contributed by atoms with E-state index in [1.807, 2.05) is 18.2 Å². The summed E-state index contributed by atoms with van der Waals surface area (Å²) in [6.07, 6.45) is 0.727. The molecule has 0 spiro atoms. The summed E-state index contributed by atoms with van der Waals surface area (Å²) in [5.41, 5.74) is 1.86. The number of nitriles is 1. The standard InChI is InChI=1S/C13H15N3/c14-8-12-10-16(7-6-13(12)15)9-11-4-2-1-3-5-11/h1-5,12,15H,6-7,9-10H2/t12-/m0/s1. The van der Waals surface area contributed by atoms with Crippen LogP contribution in [-0.2, 0) is 6.54 Å². The van der Waals surface area contributed by atoms with E-state index in [0.717, 1.165) is 19.5 Å². The molecular weight excluding hydrogens is 198 g/mol. The zero-order chi connectivity index (χ0) is 11.4. The van der Waals surface area contributed by atoms with Crippen molar-refractivity contribution in [2.45, 2.75) is 13.0 Å². The molecule has 1 aliphatic rings. The first-order valence-electron chi connectivity index (χ1n) is 5.53. The van der Waals surface area contributed by atoms with Crippen LogP contribution in [0.25, 0.3) is 0 Å².